The van der Waals surface area contributed by atoms with Gasteiger partial charge >= 0.3 is 0 Å². The first kappa shape index (κ1) is 19.6. The van der Waals surface area contributed by atoms with Gasteiger partial charge in [0, 0.05) is 16.7 Å². The predicted molar refractivity (Wildman–Crippen MR) is 112 cm³/mol. The van der Waals surface area contributed by atoms with E-state index in [4.69, 9.17) is 0 Å². The van der Waals surface area contributed by atoms with Crippen LogP contribution in [0, 0.1) is 23.5 Å². The number of halogens is 2. The molecular weight excluding hydrogens is 350 g/mol. The summed E-state index contributed by atoms with van der Waals surface area (Å²) in [7, 11) is 0. The summed E-state index contributed by atoms with van der Waals surface area (Å²) in [5.74, 6) is 4.69. The molecule has 0 saturated carbocycles. The highest BCUT2D eigenvalue weighted by Crippen LogP contribution is 2.26. The van der Waals surface area contributed by atoms with Crippen molar-refractivity contribution in [2.24, 2.45) is 0 Å². The normalized spacial score (nSPS) is 10.2. The van der Waals surface area contributed by atoms with Crippen molar-refractivity contribution in [3.05, 3.63) is 107 Å². The molecule has 3 rings (SSSR count). The van der Waals surface area contributed by atoms with Crippen molar-refractivity contribution in [1.82, 2.24) is 0 Å². The summed E-state index contributed by atoms with van der Waals surface area (Å²) >= 11 is 0. The highest BCUT2D eigenvalue weighted by Gasteiger charge is 2.13. The van der Waals surface area contributed by atoms with E-state index >= 15 is 0 Å². The zero-order valence-corrected chi connectivity index (χ0v) is 15.9. The number of benzene rings is 3. The maximum Gasteiger partial charge on any atom is 0.166 e. The third-order valence-electron chi connectivity index (χ3n) is 4.68. The average Bonchev–Trinajstić information content (AvgIpc) is 2.74. The van der Waals surface area contributed by atoms with Crippen molar-refractivity contribution in [1.29, 1.82) is 0 Å². The number of allylic oxidation sites excluding steroid dienone is 1. The molecule has 0 amide bonds. The van der Waals surface area contributed by atoms with Gasteiger partial charge in [-0.05, 0) is 60.2 Å². The van der Waals surface area contributed by atoms with E-state index in [-0.39, 0.29) is 5.56 Å². The second-order valence-corrected chi connectivity index (χ2v) is 6.61. The third-order valence-corrected chi connectivity index (χ3v) is 4.68. The number of hydrogen-bond donors (Lipinski definition) is 0. The van der Waals surface area contributed by atoms with Crippen LogP contribution in [0.4, 0.5) is 8.78 Å². The van der Waals surface area contributed by atoms with Gasteiger partial charge in [0.2, 0.25) is 0 Å². The quantitative estimate of drug-likeness (QED) is 0.345. The molecule has 0 aliphatic rings. The minimum absolute atomic E-state index is 0.268. The summed E-state index contributed by atoms with van der Waals surface area (Å²) in [6.07, 6.45) is 4.32. The lowest BCUT2D eigenvalue weighted by Crippen LogP contribution is -1.95. The zero-order valence-electron chi connectivity index (χ0n) is 15.9. The molecule has 0 radical (unpaired) electrons. The van der Waals surface area contributed by atoms with Crippen molar-refractivity contribution >= 4 is 0 Å². The molecule has 0 atom stereocenters. The number of rotatable bonds is 5. The molecule has 0 aliphatic heterocycles. The Morgan fingerprint density at radius 3 is 2.00 bits per heavy atom. The van der Waals surface area contributed by atoms with Crippen LogP contribution in [0.2, 0.25) is 0 Å². The van der Waals surface area contributed by atoms with Crippen LogP contribution in [-0.2, 0) is 12.8 Å². The summed E-state index contributed by atoms with van der Waals surface area (Å²) in [6, 6.07) is 18.6. The van der Waals surface area contributed by atoms with Crippen LogP contribution in [0.5, 0.6) is 0 Å². The highest BCUT2D eigenvalue weighted by atomic mass is 19.2. The van der Waals surface area contributed by atoms with Crippen LogP contribution < -0.4 is 0 Å². The second kappa shape index (κ2) is 9.15. The fourth-order valence-electron chi connectivity index (χ4n) is 2.99. The summed E-state index contributed by atoms with van der Waals surface area (Å²) in [5, 5.41) is 0. The third kappa shape index (κ3) is 4.56. The Morgan fingerprint density at radius 1 is 0.821 bits per heavy atom. The Balaban J connectivity index is 1.76. The largest absolute Gasteiger partial charge is 0.203 e. The first-order valence-corrected chi connectivity index (χ1v) is 9.41. The molecular formula is C26H22F2. The molecule has 0 bridgehead atoms. The van der Waals surface area contributed by atoms with Crippen LogP contribution in [0.3, 0.4) is 0 Å². The van der Waals surface area contributed by atoms with Gasteiger partial charge in [-0.15, -0.1) is 6.58 Å². The topological polar surface area (TPSA) is 0 Å². The van der Waals surface area contributed by atoms with Gasteiger partial charge in [0.15, 0.2) is 11.6 Å². The summed E-state index contributed by atoms with van der Waals surface area (Å²) in [5.41, 5.74) is 4.32. The number of hydrogen-bond acceptors (Lipinski definition) is 0. The molecule has 0 unspecified atom stereocenters. The standard InChI is InChI=1S/C26H22F2/c1-3-5-6-19-7-9-20(10-8-19)11-12-21-13-15-23(16-14-21)24-18-17-22(4-2)25(27)26(24)28/h3,7-10,13-18H,1,4-6H2,2H3. The minimum atomic E-state index is -0.797. The fourth-order valence-corrected chi connectivity index (χ4v) is 2.99. The number of aryl methyl sites for hydroxylation is 2. The van der Waals surface area contributed by atoms with Gasteiger partial charge in [0.25, 0.3) is 0 Å². The fraction of sp³-hybridized carbons (Fsp3) is 0.154. The Bertz CT molecular complexity index is 1020. The Kier molecular flexibility index (Phi) is 6.40. The van der Waals surface area contributed by atoms with Crippen molar-refractivity contribution < 1.29 is 8.78 Å². The van der Waals surface area contributed by atoms with Gasteiger partial charge < -0.3 is 0 Å². The van der Waals surface area contributed by atoms with E-state index in [1.165, 1.54) is 5.56 Å². The molecule has 3 aromatic rings. The van der Waals surface area contributed by atoms with Gasteiger partial charge in [0.1, 0.15) is 0 Å². The molecule has 0 aromatic heterocycles. The highest BCUT2D eigenvalue weighted by molar-refractivity contribution is 5.66. The second-order valence-electron chi connectivity index (χ2n) is 6.61. The lowest BCUT2D eigenvalue weighted by molar-refractivity contribution is 0.502. The van der Waals surface area contributed by atoms with E-state index in [9.17, 15) is 8.78 Å². The molecule has 28 heavy (non-hydrogen) atoms. The van der Waals surface area contributed by atoms with Gasteiger partial charge in [-0.2, -0.15) is 0 Å². The first-order chi connectivity index (χ1) is 13.6. The molecule has 3 aromatic carbocycles. The van der Waals surface area contributed by atoms with Gasteiger partial charge in [0.05, 0.1) is 0 Å². The van der Waals surface area contributed by atoms with Gasteiger partial charge in [-0.1, -0.05) is 61.2 Å². The molecule has 140 valence electrons. The SMILES string of the molecule is C=CCCc1ccc(C#Cc2ccc(-c3ccc(CC)c(F)c3F)cc2)cc1. The van der Waals surface area contributed by atoms with Gasteiger partial charge in [-0.3, -0.25) is 0 Å². The first-order valence-electron chi connectivity index (χ1n) is 9.41. The zero-order chi connectivity index (χ0) is 19.9. The smallest absolute Gasteiger partial charge is 0.166 e. The van der Waals surface area contributed by atoms with Crippen LogP contribution >= 0.6 is 0 Å². The maximum atomic E-state index is 14.3. The summed E-state index contributed by atoms with van der Waals surface area (Å²) < 4.78 is 28.3. The van der Waals surface area contributed by atoms with Crippen molar-refractivity contribution in [3.8, 4) is 23.0 Å². The maximum absolute atomic E-state index is 14.3. The molecule has 0 fully saturated rings. The molecule has 2 heteroatoms. The van der Waals surface area contributed by atoms with E-state index in [2.05, 4.69) is 30.6 Å². The molecule has 0 heterocycles. The van der Waals surface area contributed by atoms with Crippen LogP contribution in [-0.4, -0.2) is 0 Å². The monoisotopic (exact) mass is 372 g/mol. The van der Waals surface area contributed by atoms with Crippen LogP contribution in [0.25, 0.3) is 11.1 Å². The van der Waals surface area contributed by atoms with E-state index in [1.807, 2.05) is 30.3 Å². The predicted octanol–water partition coefficient (Wildman–Crippen LogP) is 6.71. The molecule has 0 nitrogen and oxygen atoms in total. The molecule has 0 N–H and O–H groups in total. The van der Waals surface area contributed by atoms with Crippen molar-refractivity contribution in [3.63, 3.8) is 0 Å². The molecule has 0 aliphatic carbocycles. The Morgan fingerprint density at radius 2 is 1.43 bits per heavy atom. The summed E-state index contributed by atoms with van der Waals surface area (Å²) in [4.78, 5) is 0. The minimum Gasteiger partial charge on any atom is -0.203 e. The Hall–Kier alpha value is -3.18. The van der Waals surface area contributed by atoms with E-state index in [1.54, 1.807) is 31.2 Å². The van der Waals surface area contributed by atoms with Crippen LogP contribution in [0.15, 0.2) is 73.3 Å². The van der Waals surface area contributed by atoms with E-state index in [0.29, 0.717) is 17.5 Å². The van der Waals surface area contributed by atoms with Crippen molar-refractivity contribution in [2.75, 3.05) is 0 Å². The van der Waals surface area contributed by atoms with E-state index in [0.717, 1.165) is 24.0 Å². The summed E-state index contributed by atoms with van der Waals surface area (Å²) in [6.45, 7) is 5.54. The molecule has 0 spiro atoms. The van der Waals surface area contributed by atoms with Gasteiger partial charge in [-0.25, -0.2) is 8.78 Å². The lowest BCUT2D eigenvalue weighted by atomic mass is 10.0. The van der Waals surface area contributed by atoms with Crippen molar-refractivity contribution in [2.45, 2.75) is 26.2 Å². The Labute approximate surface area is 165 Å². The average molecular weight is 372 g/mol. The van der Waals surface area contributed by atoms with Crippen LogP contribution in [0.1, 0.15) is 35.6 Å². The molecule has 0 saturated heterocycles. The van der Waals surface area contributed by atoms with E-state index < -0.39 is 11.6 Å². The lowest BCUT2D eigenvalue weighted by Gasteiger charge is -2.07.